The molecule has 0 saturated heterocycles. The van der Waals surface area contributed by atoms with E-state index in [2.05, 4.69) is 265 Å². The second-order valence-electron chi connectivity index (χ2n) is 18.1. The first kappa shape index (κ1) is 41.7. The van der Waals surface area contributed by atoms with Crippen molar-refractivity contribution in [3.63, 3.8) is 0 Å². The van der Waals surface area contributed by atoms with Crippen LogP contribution in [0.4, 0.5) is 17.1 Å². The van der Waals surface area contributed by atoms with Crippen LogP contribution in [0.1, 0.15) is 5.56 Å². The molecule has 0 saturated carbocycles. The summed E-state index contributed by atoms with van der Waals surface area (Å²) in [6, 6.07) is 87.0. The van der Waals surface area contributed by atoms with E-state index in [4.69, 9.17) is 4.42 Å². The van der Waals surface area contributed by atoms with Crippen molar-refractivity contribution in [3.05, 3.63) is 274 Å². The Labute approximate surface area is 412 Å². The predicted octanol–water partition coefficient (Wildman–Crippen LogP) is 19.2. The fraction of sp³-hybridized carbons (Fsp3) is 0. The molecular weight excluding hydrogens is 861 g/mol. The number of benzene rings is 11. The zero-order valence-electron chi connectivity index (χ0n) is 39.0. The summed E-state index contributed by atoms with van der Waals surface area (Å²) < 4.78 is 9.15. The number of hydrogen-bond acceptors (Lipinski definition) is 2. The molecule has 0 N–H and O–H groups in total. The van der Waals surface area contributed by atoms with E-state index in [1.54, 1.807) is 0 Å². The standard InChI is InChI=1S/C68H46N2O/c1-3-54(63(4-2)70-65-29-13-9-22-57(65)58-23-10-14-30-66(58)70)48-37-41-53(42-38-48)69(52-39-35-46(36-40-52)45-31-33-49(34-32-45)56-25-15-20-47-17-7-8-21-55(47)56)64-28-12-11-24-59(64)60-26-16-27-61-62-43-50-18-5-6-19-51(50)44-67(62)71-68(60)61/h3-44H,1-2H2/b63-54-. The maximum absolute atomic E-state index is 6.84. The molecule has 71 heavy (non-hydrogen) atoms. The normalized spacial score (nSPS) is 12.0. The van der Waals surface area contributed by atoms with Crippen molar-refractivity contribution in [2.75, 3.05) is 4.90 Å². The van der Waals surface area contributed by atoms with Gasteiger partial charge in [-0.2, -0.15) is 0 Å². The molecule has 11 aromatic carbocycles. The van der Waals surface area contributed by atoms with Gasteiger partial charge in [-0.3, -0.25) is 0 Å². The Hall–Kier alpha value is -9.44. The Morgan fingerprint density at radius 1 is 0.394 bits per heavy atom. The molecule has 0 aliphatic heterocycles. The lowest BCUT2D eigenvalue weighted by atomic mass is 9.96. The van der Waals surface area contributed by atoms with E-state index in [1.807, 2.05) is 12.2 Å². The predicted molar refractivity (Wildman–Crippen MR) is 303 cm³/mol. The lowest BCUT2D eigenvalue weighted by Gasteiger charge is -2.28. The lowest BCUT2D eigenvalue weighted by Crippen LogP contribution is -2.11. The quantitative estimate of drug-likeness (QED) is 0.128. The SMILES string of the molecule is C=C/C(=C(\C=C)n1c2ccccc2c2ccccc21)c1ccc(N(c2ccc(-c3ccc(-c4cccc5ccccc45)cc3)cc2)c2ccccc2-c2cccc3c2oc2cc4ccccc4cc23)cc1. The monoisotopic (exact) mass is 906 g/mol. The third-order valence-corrected chi connectivity index (χ3v) is 14.2. The molecule has 3 heteroatoms. The third kappa shape index (κ3) is 7.06. The molecule has 0 aliphatic rings. The van der Waals surface area contributed by atoms with E-state index in [0.717, 1.165) is 94.5 Å². The summed E-state index contributed by atoms with van der Waals surface area (Å²) in [4.78, 5) is 2.36. The van der Waals surface area contributed by atoms with Gasteiger partial charge in [0.2, 0.25) is 0 Å². The van der Waals surface area contributed by atoms with Gasteiger partial charge < -0.3 is 13.9 Å². The van der Waals surface area contributed by atoms with Gasteiger partial charge in [0.05, 0.1) is 22.4 Å². The Bertz CT molecular complexity index is 4180. The molecule has 334 valence electrons. The maximum atomic E-state index is 6.84. The average Bonchev–Trinajstić information content (AvgIpc) is 3.97. The molecule has 13 aromatic rings. The first-order valence-corrected chi connectivity index (χ1v) is 24.1. The van der Waals surface area contributed by atoms with Crippen molar-refractivity contribution in [2.24, 2.45) is 0 Å². The van der Waals surface area contributed by atoms with Gasteiger partial charge in [-0.05, 0) is 110 Å². The molecule has 0 aliphatic carbocycles. The highest BCUT2D eigenvalue weighted by Gasteiger charge is 2.22. The first-order chi connectivity index (χ1) is 35.1. The topological polar surface area (TPSA) is 21.3 Å². The summed E-state index contributed by atoms with van der Waals surface area (Å²) in [7, 11) is 0. The second kappa shape index (κ2) is 17.3. The van der Waals surface area contributed by atoms with Gasteiger partial charge in [0.1, 0.15) is 11.2 Å². The molecule has 0 atom stereocenters. The molecule has 0 amide bonds. The highest BCUT2D eigenvalue weighted by atomic mass is 16.3. The van der Waals surface area contributed by atoms with Gasteiger partial charge in [0.15, 0.2) is 0 Å². The van der Waals surface area contributed by atoms with E-state index in [1.165, 1.54) is 38.1 Å². The minimum atomic E-state index is 0.866. The third-order valence-electron chi connectivity index (χ3n) is 14.2. The van der Waals surface area contributed by atoms with Crippen LogP contribution < -0.4 is 4.90 Å². The van der Waals surface area contributed by atoms with Gasteiger partial charge in [-0.15, -0.1) is 0 Å². The summed E-state index contributed by atoms with van der Waals surface area (Å²) in [5, 5.41) is 9.45. The van der Waals surface area contributed by atoms with E-state index in [-0.39, 0.29) is 0 Å². The molecule has 0 radical (unpaired) electrons. The second-order valence-corrected chi connectivity index (χ2v) is 18.1. The number of rotatable bonds is 10. The van der Waals surface area contributed by atoms with Crippen molar-refractivity contribution < 1.29 is 4.42 Å². The van der Waals surface area contributed by atoms with Gasteiger partial charge in [-0.25, -0.2) is 0 Å². The van der Waals surface area contributed by atoms with Crippen LogP contribution in [0.15, 0.2) is 272 Å². The summed E-state index contributed by atoms with van der Waals surface area (Å²) in [6.07, 6.45) is 3.90. The van der Waals surface area contributed by atoms with Crippen LogP contribution in [0, 0.1) is 0 Å². The molecule has 0 bridgehead atoms. The summed E-state index contributed by atoms with van der Waals surface area (Å²) in [5.74, 6) is 0. The molecule has 3 nitrogen and oxygen atoms in total. The summed E-state index contributed by atoms with van der Waals surface area (Å²) >= 11 is 0. The number of hydrogen-bond donors (Lipinski definition) is 0. The van der Waals surface area contributed by atoms with E-state index in [0.29, 0.717) is 0 Å². The van der Waals surface area contributed by atoms with Crippen LogP contribution in [0.5, 0.6) is 0 Å². The molecule has 0 fully saturated rings. The Morgan fingerprint density at radius 2 is 0.901 bits per heavy atom. The molecule has 2 heterocycles. The van der Waals surface area contributed by atoms with Crippen LogP contribution in [-0.4, -0.2) is 4.57 Å². The first-order valence-electron chi connectivity index (χ1n) is 24.1. The van der Waals surface area contributed by atoms with Gasteiger partial charge in [0.25, 0.3) is 0 Å². The number of aromatic nitrogens is 1. The minimum absolute atomic E-state index is 0.866. The summed E-state index contributed by atoms with van der Waals surface area (Å²) in [5.41, 5.74) is 16.9. The Balaban J connectivity index is 0.939. The Morgan fingerprint density at radius 3 is 1.59 bits per heavy atom. The van der Waals surface area contributed by atoms with Gasteiger partial charge in [0, 0.05) is 49.6 Å². The maximum Gasteiger partial charge on any atom is 0.143 e. The van der Waals surface area contributed by atoms with Crippen molar-refractivity contribution in [1.29, 1.82) is 0 Å². The average molecular weight is 907 g/mol. The number of para-hydroxylation sites is 4. The molecular formula is C68H46N2O. The summed E-state index contributed by atoms with van der Waals surface area (Å²) in [6.45, 7) is 8.71. The van der Waals surface area contributed by atoms with Crippen LogP contribution in [0.2, 0.25) is 0 Å². The van der Waals surface area contributed by atoms with Gasteiger partial charge in [-0.1, -0.05) is 207 Å². The van der Waals surface area contributed by atoms with Crippen LogP contribution in [0.3, 0.4) is 0 Å². The zero-order chi connectivity index (χ0) is 47.4. The van der Waals surface area contributed by atoms with Crippen molar-refractivity contribution in [2.45, 2.75) is 0 Å². The largest absolute Gasteiger partial charge is 0.455 e. The lowest BCUT2D eigenvalue weighted by molar-refractivity contribution is 0.670. The van der Waals surface area contributed by atoms with Crippen molar-refractivity contribution in [1.82, 2.24) is 4.57 Å². The smallest absolute Gasteiger partial charge is 0.143 e. The van der Waals surface area contributed by atoms with Crippen molar-refractivity contribution >= 4 is 93.6 Å². The molecule has 0 unspecified atom stereocenters. The van der Waals surface area contributed by atoms with E-state index < -0.39 is 0 Å². The number of fused-ring (bicyclic) bond motifs is 8. The molecule has 0 spiro atoms. The van der Waals surface area contributed by atoms with E-state index >= 15 is 0 Å². The highest BCUT2D eigenvalue weighted by Crippen LogP contribution is 2.46. The van der Waals surface area contributed by atoms with Crippen molar-refractivity contribution in [3.8, 4) is 33.4 Å². The zero-order valence-corrected chi connectivity index (χ0v) is 39.0. The van der Waals surface area contributed by atoms with Crippen LogP contribution in [0.25, 0.3) is 110 Å². The van der Waals surface area contributed by atoms with E-state index in [9.17, 15) is 0 Å². The fourth-order valence-corrected chi connectivity index (χ4v) is 10.8. The molecule has 13 rings (SSSR count). The van der Waals surface area contributed by atoms with Gasteiger partial charge >= 0.3 is 0 Å². The number of nitrogens with zero attached hydrogens (tertiary/aromatic N) is 2. The Kier molecular flexibility index (Phi) is 10.1. The number of anilines is 3. The fourth-order valence-electron chi connectivity index (χ4n) is 10.8. The van der Waals surface area contributed by atoms with Crippen LogP contribution >= 0.6 is 0 Å². The number of furan rings is 1. The van der Waals surface area contributed by atoms with Crippen LogP contribution in [-0.2, 0) is 0 Å². The molecule has 2 aromatic heterocycles. The number of allylic oxidation sites excluding steroid dienone is 4. The minimum Gasteiger partial charge on any atom is -0.455 e. The highest BCUT2D eigenvalue weighted by molar-refractivity contribution is 6.15.